The minimum absolute atomic E-state index is 0.0188. The molecule has 1 saturated heterocycles. The molecule has 0 N–H and O–H groups in total. The summed E-state index contributed by atoms with van der Waals surface area (Å²) in [6.45, 7) is 6.46. The van der Waals surface area contributed by atoms with Gasteiger partial charge >= 0.3 is 0 Å². The van der Waals surface area contributed by atoms with Gasteiger partial charge in [-0.3, -0.25) is 9.36 Å². The summed E-state index contributed by atoms with van der Waals surface area (Å²) >= 11 is 3.08. The average molecular weight is 416 g/mol. The van der Waals surface area contributed by atoms with Gasteiger partial charge in [0, 0.05) is 18.5 Å². The molecular weight excluding hydrogens is 394 g/mol. The molecule has 1 aliphatic heterocycles. The molecule has 1 fully saturated rings. The molecule has 1 amide bonds. The Hall–Kier alpha value is -2.23. The van der Waals surface area contributed by atoms with E-state index in [4.69, 9.17) is 4.74 Å². The summed E-state index contributed by atoms with van der Waals surface area (Å²) in [5, 5.41) is 12.1. The first-order chi connectivity index (χ1) is 13.6. The molecule has 0 unspecified atom stereocenters. The predicted molar refractivity (Wildman–Crippen MR) is 109 cm³/mol. The van der Waals surface area contributed by atoms with E-state index in [-0.39, 0.29) is 5.91 Å². The highest BCUT2D eigenvalue weighted by Gasteiger charge is 2.21. The second-order valence-corrected chi connectivity index (χ2v) is 8.36. The van der Waals surface area contributed by atoms with Crippen LogP contribution in [0.1, 0.15) is 26.9 Å². The summed E-state index contributed by atoms with van der Waals surface area (Å²) < 4.78 is 7.37. The lowest BCUT2D eigenvalue weighted by atomic mass is 10.2. The van der Waals surface area contributed by atoms with Crippen molar-refractivity contribution in [1.82, 2.24) is 24.6 Å². The van der Waals surface area contributed by atoms with Crippen molar-refractivity contribution in [2.45, 2.75) is 24.8 Å². The van der Waals surface area contributed by atoms with Crippen molar-refractivity contribution in [3.63, 3.8) is 0 Å². The molecule has 3 heterocycles. The monoisotopic (exact) mass is 415 g/mol. The van der Waals surface area contributed by atoms with E-state index in [2.05, 4.69) is 38.8 Å². The van der Waals surface area contributed by atoms with Crippen LogP contribution in [0.25, 0.3) is 5.69 Å². The number of hydrogen-bond donors (Lipinski definition) is 0. The van der Waals surface area contributed by atoms with Gasteiger partial charge in [-0.1, -0.05) is 30.0 Å². The Morgan fingerprint density at radius 3 is 2.79 bits per heavy atom. The first-order valence-corrected chi connectivity index (χ1v) is 10.9. The third kappa shape index (κ3) is 3.96. The first kappa shape index (κ1) is 19.1. The zero-order chi connectivity index (χ0) is 19.5. The highest BCUT2D eigenvalue weighted by molar-refractivity contribution is 7.98. The summed E-state index contributed by atoms with van der Waals surface area (Å²) in [6.07, 6.45) is 0. The minimum Gasteiger partial charge on any atom is -0.378 e. The summed E-state index contributed by atoms with van der Waals surface area (Å²) in [4.78, 5) is 18.9. The number of para-hydroxylation sites is 1. The van der Waals surface area contributed by atoms with Crippen LogP contribution in [-0.2, 0) is 10.5 Å². The molecular formula is C19H21N5O2S2. The Kier molecular flexibility index (Phi) is 5.74. The van der Waals surface area contributed by atoms with Crippen molar-refractivity contribution in [1.29, 1.82) is 0 Å². The second-order valence-electron chi connectivity index (χ2n) is 6.47. The molecule has 1 aliphatic rings. The van der Waals surface area contributed by atoms with Gasteiger partial charge < -0.3 is 9.64 Å². The van der Waals surface area contributed by atoms with Gasteiger partial charge in [0.1, 0.15) is 16.5 Å². The molecule has 2 aromatic heterocycles. The first-order valence-electron chi connectivity index (χ1n) is 9.05. The Morgan fingerprint density at radius 2 is 2.00 bits per heavy atom. The van der Waals surface area contributed by atoms with E-state index in [1.54, 1.807) is 16.7 Å². The lowest BCUT2D eigenvalue weighted by Gasteiger charge is -2.25. The van der Waals surface area contributed by atoms with E-state index in [1.165, 1.54) is 16.9 Å². The Balaban J connectivity index is 1.47. The number of aryl methyl sites for hydroxylation is 2. The molecule has 0 bridgehead atoms. The van der Waals surface area contributed by atoms with Crippen molar-refractivity contribution in [2.75, 3.05) is 26.3 Å². The number of ether oxygens (including phenoxy) is 1. The van der Waals surface area contributed by atoms with E-state index in [9.17, 15) is 4.79 Å². The SMILES string of the molecule is Cc1ccccc1-n1c(C)nnc1SCc1nc(C(=O)N2CCOCC2)cs1. The lowest BCUT2D eigenvalue weighted by molar-refractivity contribution is 0.0299. The highest BCUT2D eigenvalue weighted by Crippen LogP contribution is 2.27. The lowest BCUT2D eigenvalue weighted by Crippen LogP contribution is -2.40. The molecule has 4 rings (SSSR count). The maximum Gasteiger partial charge on any atom is 0.273 e. The molecule has 7 nitrogen and oxygen atoms in total. The van der Waals surface area contributed by atoms with Gasteiger partial charge in [0.15, 0.2) is 5.16 Å². The fourth-order valence-corrected chi connectivity index (χ4v) is 4.83. The maximum atomic E-state index is 12.5. The van der Waals surface area contributed by atoms with Crippen molar-refractivity contribution in [3.05, 3.63) is 51.7 Å². The van der Waals surface area contributed by atoms with Gasteiger partial charge in [0.25, 0.3) is 5.91 Å². The van der Waals surface area contributed by atoms with Gasteiger partial charge in [-0.05, 0) is 25.5 Å². The Morgan fingerprint density at radius 1 is 1.21 bits per heavy atom. The zero-order valence-corrected chi connectivity index (χ0v) is 17.4. The van der Waals surface area contributed by atoms with Crippen LogP contribution in [0.3, 0.4) is 0 Å². The molecule has 0 spiro atoms. The molecule has 0 saturated carbocycles. The van der Waals surface area contributed by atoms with Gasteiger partial charge in [0.05, 0.1) is 24.7 Å². The van der Waals surface area contributed by atoms with Crippen molar-refractivity contribution >= 4 is 29.0 Å². The van der Waals surface area contributed by atoms with Gasteiger partial charge in [0.2, 0.25) is 0 Å². The van der Waals surface area contributed by atoms with Gasteiger partial charge in [-0.25, -0.2) is 4.98 Å². The Labute approximate surface area is 171 Å². The molecule has 0 aliphatic carbocycles. The minimum atomic E-state index is -0.0188. The second kappa shape index (κ2) is 8.42. The molecule has 1 aromatic carbocycles. The van der Waals surface area contributed by atoms with Crippen molar-refractivity contribution in [3.8, 4) is 5.69 Å². The number of nitrogens with zero attached hydrogens (tertiary/aromatic N) is 5. The number of thioether (sulfide) groups is 1. The molecule has 146 valence electrons. The van der Waals surface area contributed by atoms with Crippen LogP contribution in [-0.4, -0.2) is 56.9 Å². The summed E-state index contributed by atoms with van der Waals surface area (Å²) in [6, 6.07) is 8.18. The Bertz CT molecular complexity index is 978. The van der Waals surface area contributed by atoms with Crippen LogP contribution in [0, 0.1) is 13.8 Å². The van der Waals surface area contributed by atoms with Crippen LogP contribution in [0.15, 0.2) is 34.8 Å². The van der Waals surface area contributed by atoms with E-state index in [0.717, 1.165) is 21.7 Å². The summed E-state index contributed by atoms with van der Waals surface area (Å²) in [7, 11) is 0. The fraction of sp³-hybridized carbons (Fsp3) is 0.368. The van der Waals surface area contributed by atoms with Crippen LogP contribution in [0.2, 0.25) is 0 Å². The number of rotatable bonds is 5. The van der Waals surface area contributed by atoms with Crippen molar-refractivity contribution in [2.24, 2.45) is 0 Å². The zero-order valence-electron chi connectivity index (χ0n) is 15.8. The topological polar surface area (TPSA) is 73.1 Å². The maximum absolute atomic E-state index is 12.5. The van der Waals surface area contributed by atoms with Crippen LogP contribution < -0.4 is 0 Å². The molecule has 0 atom stereocenters. The molecule has 28 heavy (non-hydrogen) atoms. The normalized spacial score (nSPS) is 14.4. The number of thiazole rings is 1. The molecule has 0 radical (unpaired) electrons. The summed E-state index contributed by atoms with van der Waals surface area (Å²) in [5.74, 6) is 1.47. The van der Waals surface area contributed by atoms with E-state index in [0.29, 0.717) is 37.8 Å². The number of benzene rings is 1. The molecule has 9 heteroatoms. The number of carbonyl (C=O) groups is 1. The largest absolute Gasteiger partial charge is 0.378 e. The quantitative estimate of drug-likeness (QED) is 0.596. The van der Waals surface area contributed by atoms with Gasteiger partial charge in [-0.15, -0.1) is 21.5 Å². The number of aromatic nitrogens is 4. The third-order valence-electron chi connectivity index (χ3n) is 4.55. The number of carbonyl (C=O) groups excluding carboxylic acids is 1. The number of hydrogen-bond acceptors (Lipinski definition) is 7. The highest BCUT2D eigenvalue weighted by atomic mass is 32.2. The summed E-state index contributed by atoms with van der Waals surface area (Å²) in [5.41, 5.74) is 2.76. The molecule has 3 aromatic rings. The van der Waals surface area contributed by atoms with Gasteiger partial charge in [-0.2, -0.15) is 0 Å². The van der Waals surface area contributed by atoms with E-state index >= 15 is 0 Å². The smallest absolute Gasteiger partial charge is 0.273 e. The van der Waals surface area contributed by atoms with E-state index < -0.39 is 0 Å². The standard InChI is InChI=1S/C19H21N5O2S2/c1-13-5-3-4-6-16(13)24-14(2)21-22-19(24)28-12-17-20-15(11-27-17)18(25)23-7-9-26-10-8-23/h3-6,11H,7-10,12H2,1-2H3. The number of amides is 1. The van der Waals surface area contributed by atoms with Crippen LogP contribution in [0.4, 0.5) is 0 Å². The van der Waals surface area contributed by atoms with E-state index in [1.807, 2.05) is 24.4 Å². The average Bonchev–Trinajstić information content (AvgIpc) is 3.34. The number of morpholine rings is 1. The fourth-order valence-electron chi connectivity index (χ4n) is 3.06. The predicted octanol–water partition coefficient (Wildman–Crippen LogP) is 3.11. The van der Waals surface area contributed by atoms with Crippen LogP contribution >= 0.6 is 23.1 Å². The van der Waals surface area contributed by atoms with Crippen LogP contribution in [0.5, 0.6) is 0 Å². The van der Waals surface area contributed by atoms with Crippen molar-refractivity contribution < 1.29 is 9.53 Å². The third-order valence-corrected chi connectivity index (χ3v) is 6.52.